The van der Waals surface area contributed by atoms with Gasteiger partial charge in [-0.15, -0.1) is 0 Å². The predicted molar refractivity (Wildman–Crippen MR) is 81.3 cm³/mol. The molecule has 0 aromatic heterocycles. The summed E-state index contributed by atoms with van der Waals surface area (Å²) in [5, 5.41) is 3.22. The van der Waals surface area contributed by atoms with Gasteiger partial charge in [0.25, 0.3) is 0 Å². The van der Waals surface area contributed by atoms with Gasteiger partial charge in [0.05, 0.1) is 10.0 Å². The lowest BCUT2D eigenvalue weighted by atomic mass is 9.91. The van der Waals surface area contributed by atoms with Crippen LogP contribution in [0.2, 0.25) is 0 Å². The minimum atomic E-state index is -0.733. The number of nitrogens with one attached hydrogen (secondary N) is 1. The molecule has 1 aliphatic rings. The minimum absolute atomic E-state index is 0.169. The van der Waals surface area contributed by atoms with E-state index in [1.165, 1.54) is 12.1 Å². The highest BCUT2D eigenvalue weighted by Crippen LogP contribution is 2.25. The summed E-state index contributed by atoms with van der Waals surface area (Å²) in [6.45, 7) is 6.76. The molecule has 0 spiro atoms. The maximum Gasteiger partial charge on any atom is 0.157 e. The van der Waals surface area contributed by atoms with Gasteiger partial charge < -0.3 is 5.32 Å². The Morgan fingerprint density at radius 3 is 2.57 bits per heavy atom. The van der Waals surface area contributed by atoms with Crippen molar-refractivity contribution in [1.82, 2.24) is 10.2 Å². The summed E-state index contributed by atoms with van der Waals surface area (Å²) < 4.78 is 27.9. The second-order valence-corrected chi connectivity index (χ2v) is 6.57. The number of rotatable bonds is 4. The predicted octanol–water partition coefficient (Wildman–Crippen LogP) is 2.52. The normalized spacial score (nSPS) is 17.0. The standard InChI is InChI=1S/C15H19BrF2N2O/c1-15(2,20-7-5-19-6-8-20)13(21)9-10-12(17)4-3-11(16)14(10)18/h3-4,19H,5-9H2,1-2H3. The topological polar surface area (TPSA) is 32.3 Å². The van der Waals surface area contributed by atoms with Crippen molar-refractivity contribution in [3.63, 3.8) is 0 Å². The Kier molecular flexibility index (Phi) is 5.11. The van der Waals surface area contributed by atoms with E-state index >= 15 is 0 Å². The quantitative estimate of drug-likeness (QED) is 0.837. The van der Waals surface area contributed by atoms with Gasteiger partial charge in [-0.3, -0.25) is 9.69 Å². The van der Waals surface area contributed by atoms with Crippen LogP contribution in [0, 0.1) is 11.6 Å². The van der Waals surface area contributed by atoms with Crippen molar-refractivity contribution in [2.24, 2.45) is 0 Å². The Hall–Kier alpha value is -0.850. The van der Waals surface area contributed by atoms with Gasteiger partial charge in [-0.1, -0.05) is 0 Å². The molecule has 1 aromatic rings. The number of carbonyl (C=O) groups excluding carboxylic acids is 1. The summed E-state index contributed by atoms with van der Waals surface area (Å²) in [4.78, 5) is 14.6. The summed E-state index contributed by atoms with van der Waals surface area (Å²) in [5.41, 5.74) is -0.902. The molecule has 0 aliphatic carbocycles. The van der Waals surface area contributed by atoms with Crippen LogP contribution in [0.3, 0.4) is 0 Å². The molecule has 1 heterocycles. The number of carbonyl (C=O) groups is 1. The Labute approximate surface area is 131 Å². The first-order valence-electron chi connectivity index (χ1n) is 6.95. The average Bonchev–Trinajstić information content (AvgIpc) is 2.48. The molecule has 1 aromatic carbocycles. The van der Waals surface area contributed by atoms with Gasteiger partial charge in [0, 0.05) is 38.2 Å². The van der Waals surface area contributed by atoms with Crippen LogP contribution in [0.5, 0.6) is 0 Å². The van der Waals surface area contributed by atoms with Gasteiger partial charge in [-0.2, -0.15) is 0 Å². The van der Waals surface area contributed by atoms with Crippen LogP contribution in [-0.2, 0) is 11.2 Å². The van der Waals surface area contributed by atoms with E-state index in [4.69, 9.17) is 0 Å². The third-order valence-corrected chi connectivity index (χ3v) is 4.68. The van der Waals surface area contributed by atoms with E-state index in [2.05, 4.69) is 26.1 Å². The molecule has 2 rings (SSSR count). The van der Waals surface area contributed by atoms with Gasteiger partial charge in [0.1, 0.15) is 11.6 Å². The lowest BCUT2D eigenvalue weighted by molar-refractivity contribution is -0.129. The molecular weight excluding hydrogens is 342 g/mol. The van der Waals surface area contributed by atoms with Crippen molar-refractivity contribution >= 4 is 21.7 Å². The fourth-order valence-electron chi connectivity index (χ4n) is 2.51. The number of piperazine rings is 1. The van der Waals surface area contributed by atoms with E-state index in [0.29, 0.717) is 0 Å². The molecule has 21 heavy (non-hydrogen) atoms. The van der Waals surface area contributed by atoms with E-state index in [1.54, 1.807) is 0 Å². The van der Waals surface area contributed by atoms with Crippen LogP contribution in [0.25, 0.3) is 0 Å². The van der Waals surface area contributed by atoms with E-state index in [-0.39, 0.29) is 22.2 Å². The highest BCUT2D eigenvalue weighted by atomic mass is 79.9. The first kappa shape index (κ1) is 16.5. The number of ketones is 1. The Balaban J connectivity index is 2.19. The van der Waals surface area contributed by atoms with Crippen LogP contribution in [0.1, 0.15) is 19.4 Å². The number of hydrogen-bond acceptors (Lipinski definition) is 3. The fraction of sp³-hybridized carbons (Fsp3) is 0.533. The molecule has 6 heteroatoms. The molecule has 0 amide bonds. The second kappa shape index (κ2) is 6.50. The van der Waals surface area contributed by atoms with Gasteiger partial charge in [0.2, 0.25) is 0 Å². The first-order chi connectivity index (χ1) is 9.84. The van der Waals surface area contributed by atoms with E-state index in [0.717, 1.165) is 26.2 Å². The number of hydrogen-bond donors (Lipinski definition) is 1. The maximum atomic E-state index is 14.0. The highest BCUT2D eigenvalue weighted by Gasteiger charge is 2.35. The number of halogens is 3. The molecule has 116 valence electrons. The fourth-order valence-corrected chi connectivity index (χ4v) is 2.88. The summed E-state index contributed by atoms with van der Waals surface area (Å²) in [6.07, 6.45) is -0.242. The number of nitrogens with zero attached hydrogens (tertiary/aromatic N) is 1. The zero-order valence-electron chi connectivity index (χ0n) is 12.2. The van der Waals surface area contributed by atoms with E-state index < -0.39 is 17.2 Å². The van der Waals surface area contributed by atoms with Crippen molar-refractivity contribution in [3.05, 3.63) is 33.8 Å². The summed E-state index contributed by atoms with van der Waals surface area (Å²) in [6, 6.07) is 2.48. The summed E-state index contributed by atoms with van der Waals surface area (Å²) >= 11 is 3.03. The molecule has 0 bridgehead atoms. The Morgan fingerprint density at radius 1 is 1.33 bits per heavy atom. The van der Waals surface area contributed by atoms with Crippen molar-refractivity contribution in [3.8, 4) is 0 Å². The molecule has 0 atom stereocenters. The molecule has 1 fully saturated rings. The summed E-state index contributed by atoms with van der Waals surface area (Å²) in [7, 11) is 0. The van der Waals surface area contributed by atoms with Crippen molar-refractivity contribution in [1.29, 1.82) is 0 Å². The molecule has 0 radical (unpaired) electrons. The Morgan fingerprint density at radius 2 is 1.95 bits per heavy atom. The van der Waals surface area contributed by atoms with Gasteiger partial charge in [-0.25, -0.2) is 8.78 Å². The molecule has 3 nitrogen and oxygen atoms in total. The van der Waals surface area contributed by atoms with Gasteiger partial charge >= 0.3 is 0 Å². The highest BCUT2D eigenvalue weighted by molar-refractivity contribution is 9.10. The third-order valence-electron chi connectivity index (χ3n) is 4.07. The monoisotopic (exact) mass is 360 g/mol. The van der Waals surface area contributed by atoms with Crippen LogP contribution < -0.4 is 5.32 Å². The van der Waals surface area contributed by atoms with E-state index in [9.17, 15) is 13.6 Å². The number of Topliss-reactive ketones (excluding diaryl/α,β-unsaturated/α-hetero) is 1. The van der Waals surface area contributed by atoms with Gasteiger partial charge in [-0.05, 0) is 41.9 Å². The van der Waals surface area contributed by atoms with Gasteiger partial charge in [0.15, 0.2) is 5.78 Å². The molecule has 0 unspecified atom stereocenters. The van der Waals surface area contributed by atoms with Crippen molar-refractivity contribution in [2.45, 2.75) is 25.8 Å². The van der Waals surface area contributed by atoms with Crippen LogP contribution in [-0.4, -0.2) is 42.4 Å². The lowest BCUT2D eigenvalue weighted by Gasteiger charge is -2.40. The average molecular weight is 361 g/mol. The second-order valence-electron chi connectivity index (χ2n) is 5.72. The van der Waals surface area contributed by atoms with Crippen LogP contribution >= 0.6 is 15.9 Å². The lowest BCUT2D eigenvalue weighted by Crippen LogP contribution is -2.57. The maximum absolute atomic E-state index is 14.0. The zero-order chi connectivity index (χ0) is 15.6. The molecule has 0 saturated carbocycles. The molecular formula is C15H19BrF2N2O. The molecule has 1 N–H and O–H groups in total. The SMILES string of the molecule is CC(C)(C(=O)Cc1c(F)ccc(Br)c1F)N1CCNCC1. The van der Waals surface area contributed by atoms with E-state index in [1.807, 2.05) is 13.8 Å². The first-order valence-corrected chi connectivity index (χ1v) is 7.75. The molecule has 1 saturated heterocycles. The van der Waals surface area contributed by atoms with Crippen LogP contribution in [0.15, 0.2) is 16.6 Å². The van der Waals surface area contributed by atoms with Crippen molar-refractivity contribution < 1.29 is 13.6 Å². The minimum Gasteiger partial charge on any atom is -0.314 e. The smallest absolute Gasteiger partial charge is 0.157 e. The largest absolute Gasteiger partial charge is 0.314 e. The Bertz CT molecular complexity index is 543. The van der Waals surface area contributed by atoms with Crippen LogP contribution in [0.4, 0.5) is 8.78 Å². The molecule has 1 aliphatic heterocycles. The third kappa shape index (κ3) is 3.49. The van der Waals surface area contributed by atoms with Crippen molar-refractivity contribution in [2.75, 3.05) is 26.2 Å². The summed E-state index contributed by atoms with van der Waals surface area (Å²) in [5.74, 6) is -1.56. The zero-order valence-corrected chi connectivity index (χ0v) is 13.8. The number of benzene rings is 1.